The Kier molecular flexibility index (Phi) is 6.22. The summed E-state index contributed by atoms with van der Waals surface area (Å²) >= 11 is 0. The number of carboxylic acid groups (broad SMARTS) is 1. The highest BCUT2D eigenvalue weighted by atomic mass is 16.7. The van der Waals surface area contributed by atoms with Crippen LogP contribution < -0.4 is 0 Å². The number of aromatic nitrogens is 1. The fourth-order valence-corrected chi connectivity index (χ4v) is 3.25. The second-order valence-corrected chi connectivity index (χ2v) is 7.05. The molecule has 0 fully saturated rings. The van der Waals surface area contributed by atoms with Crippen molar-refractivity contribution in [1.82, 2.24) is 4.57 Å². The molecule has 3 aromatic carbocycles. The molecule has 0 aliphatic carbocycles. The molecular weight excluding hydrogens is 420 g/mol. The molecule has 4 aromatic rings. The number of carbonyl (C=O) groups excluding carboxylic acids is 2. The van der Waals surface area contributed by atoms with Gasteiger partial charge in [0.25, 0.3) is 0 Å². The van der Waals surface area contributed by atoms with E-state index in [1.54, 1.807) is 78.9 Å². The molecule has 0 radical (unpaired) electrons. The largest absolute Gasteiger partial charge is 0.476 e. The maximum atomic E-state index is 12.8. The van der Waals surface area contributed by atoms with Gasteiger partial charge in [0.2, 0.25) is 0 Å². The first-order valence-electron chi connectivity index (χ1n) is 9.99. The van der Waals surface area contributed by atoms with Crippen LogP contribution in [0.4, 0.5) is 4.79 Å². The van der Waals surface area contributed by atoms with Gasteiger partial charge in [0.05, 0.1) is 0 Å². The quantitative estimate of drug-likeness (QED) is 0.201. The molecule has 0 unspecified atom stereocenters. The van der Waals surface area contributed by atoms with Gasteiger partial charge in [-0.1, -0.05) is 71.9 Å². The summed E-state index contributed by atoms with van der Waals surface area (Å²) < 4.78 is 1.13. The van der Waals surface area contributed by atoms with Crippen LogP contribution in [-0.2, 0) is 9.63 Å². The summed E-state index contributed by atoms with van der Waals surface area (Å²) in [7, 11) is 0. The van der Waals surface area contributed by atoms with E-state index in [4.69, 9.17) is 4.84 Å². The molecule has 0 atom stereocenters. The number of oxime groups is 1. The maximum absolute atomic E-state index is 12.8. The summed E-state index contributed by atoms with van der Waals surface area (Å²) in [5, 5.41) is 13.2. The van der Waals surface area contributed by atoms with Gasteiger partial charge in [-0.15, -0.1) is 0 Å². The highest BCUT2D eigenvalue weighted by Crippen LogP contribution is 2.23. The van der Waals surface area contributed by atoms with E-state index >= 15 is 0 Å². The zero-order valence-corrected chi connectivity index (χ0v) is 17.3. The molecule has 0 aliphatic rings. The van der Waals surface area contributed by atoms with E-state index in [-0.39, 0.29) is 11.3 Å². The van der Waals surface area contributed by atoms with Gasteiger partial charge in [-0.25, -0.2) is 9.59 Å². The Hall–Kier alpha value is -4.78. The topological polar surface area (TPSA) is 98.0 Å². The summed E-state index contributed by atoms with van der Waals surface area (Å²) in [5.41, 5.74) is 2.33. The molecule has 0 amide bonds. The van der Waals surface area contributed by atoms with Crippen LogP contribution in [0.3, 0.4) is 0 Å². The average molecular weight is 438 g/mol. The SMILES string of the molecule is O=C(O)/C(=N\OC(=O)n1cccc1)c1cccc(-c2cccc(C(=O)c3ccccc3)c2)c1. The van der Waals surface area contributed by atoms with Crippen molar-refractivity contribution in [2.45, 2.75) is 0 Å². The highest BCUT2D eigenvalue weighted by Gasteiger charge is 2.17. The lowest BCUT2D eigenvalue weighted by atomic mass is 9.96. The third-order valence-electron chi connectivity index (χ3n) is 4.86. The molecule has 0 aliphatic heterocycles. The van der Waals surface area contributed by atoms with Crippen molar-refractivity contribution >= 4 is 23.6 Å². The van der Waals surface area contributed by atoms with Crippen LogP contribution in [0.25, 0.3) is 11.1 Å². The van der Waals surface area contributed by atoms with Gasteiger partial charge in [-0.3, -0.25) is 14.2 Å². The number of hydrogen-bond acceptors (Lipinski definition) is 5. The Morgan fingerprint density at radius 3 is 1.91 bits per heavy atom. The molecular formula is C26H18N2O5. The Balaban J connectivity index is 1.63. The number of ketones is 1. The minimum Gasteiger partial charge on any atom is -0.476 e. The van der Waals surface area contributed by atoms with Crippen LogP contribution in [0.15, 0.2) is 109 Å². The summed E-state index contributed by atoms with van der Waals surface area (Å²) in [6.07, 6.45) is 2.09. The third kappa shape index (κ3) is 4.94. The standard InChI is InChI=1S/C26H18N2O5/c29-24(18-8-2-1-3-9-18)22-13-7-11-20(17-22)19-10-6-12-21(16-19)23(25(30)31)27-33-26(32)28-14-4-5-15-28/h1-17H,(H,30,31)/b27-23-. The van der Waals surface area contributed by atoms with Gasteiger partial charge >= 0.3 is 12.1 Å². The first kappa shape index (κ1) is 21.5. The molecule has 33 heavy (non-hydrogen) atoms. The number of carbonyl (C=O) groups is 3. The lowest BCUT2D eigenvalue weighted by molar-refractivity contribution is -0.129. The van der Waals surface area contributed by atoms with E-state index in [0.717, 1.165) is 10.1 Å². The molecule has 162 valence electrons. The zero-order valence-electron chi connectivity index (χ0n) is 17.3. The van der Waals surface area contributed by atoms with Crippen LogP contribution in [0.2, 0.25) is 0 Å². The van der Waals surface area contributed by atoms with Crippen molar-refractivity contribution in [3.63, 3.8) is 0 Å². The van der Waals surface area contributed by atoms with Gasteiger partial charge in [0.15, 0.2) is 11.5 Å². The average Bonchev–Trinajstić information content (AvgIpc) is 3.39. The number of rotatable bonds is 6. The summed E-state index contributed by atoms with van der Waals surface area (Å²) in [6, 6.07) is 25.9. The van der Waals surface area contributed by atoms with Crippen molar-refractivity contribution in [3.8, 4) is 11.1 Å². The second-order valence-electron chi connectivity index (χ2n) is 7.05. The van der Waals surface area contributed by atoms with E-state index in [2.05, 4.69) is 5.16 Å². The van der Waals surface area contributed by atoms with E-state index in [1.807, 2.05) is 12.1 Å². The number of hydrogen-bond donors (Lipinski definition) is 1. The fraction of sp³-hybridized carbons (Fsp3) is 0. The molecule has 0 bridgehead atoms. The highest BCUT2D eigenvalue weighted by molar-refractivity contribution is 6.42. The van der Waals surface area contributed by atoms with Gasteiger partial charge in [-0.2, -0.15) is 0 Å². The number of benzene rings is 3. The van der Waals surface area contributed by atoms with Crippen LogP contribution >= 0.6 is 0 Å². The molecule has 7 nitrogen and oxygen atoms in total. The second kappa shape index (κ2) is 9.57. The van der Waals surface area contributed by atoms with E-state index in [0.29, 0.717) is 16.7 Å². The number of nitrogens with zero attached hydrogens (tertiary/aromatic N) is 2. The van der Waals surface area contributed by atoms with Crippen molar-refractivity contribution in [1.29, 1.82) is 0 Å². The molecule has 0 saturated carbocycles. The van der Waals surface area contributed by atoms with Crippen LogP contribution in [0.5, 0.6) is 0 Å². The van der Waals surface area contributed by atoms with E-state index < -0.39 is 17.8 Å². The molecule has 0 saturated heterocycles. The van der Waals surface area contributed by atoms with Gasteiger partial charge in [0, 0.05) is 29.1 Å². The normalized spacial score (nSPS) is 11.1. The zero-order chi connectivity index (χ0) is 23.2. The van der Waals surface area contributed by atoms with Crippen LogP contribution in [0.1, 0.15) is 21.5 Å². The van der Waals surface area contributed by atoms with Crippen molar-refractivity contribution in [2.75, 3.05) is 0 Å². The smallest absolute Gasteiger partial charge is 0.444 e. The third-order valence-corrected chi connectivity index (χ3v) is 4.86. The minimum atomic E-state index is -1.35. The van der Waals surface area contributed by atoms with Gasteiger partial charge in [-0.05, 0) is 35.4 Å². The van der Waals surface area contributed by atoms with E-state index in [1.165, 1.54) is 12.4 Å². The molecule has 0 spiro atoms. The Morgan fingerprint density at radius 1 is 0.697 bits per heavy atom. The van der Waals surface area contributed by atoms with Gasteiger partial charge in [0.1, 0.15) is 0 Å². The lowest BCUT2D eigenvalue weighted by Crippen LogP contribution is -2.17. The summed E-state index contributed by atoms with van der Waals surface area (Å²) in [6.45, 7) is 0. The molecule has 1 N–H and O–H groups in total. The first-order valence-corrected chi connectivity index (χ1v) is 9.99. The van der Waals surface area contributed by atoms with Crippen LogP contribution in [0, 0.1) is 0 Å². The van der Waals surface area contributed by atoms with Crippen molar-refractivity contribution in [3.05, 3.63) is 120 Å². The molecule has 1 aromatic heterocycles. The fourth-order valence-electron chi connectivity index (χ4n) is 3.25. The first-order chi connectivity index (χ1) is 16.0. The summed E-state index contributed by atoms with van der Waals surface area (Å²) in [5.74, 6) is -1.46. The van der Waals surface area contributed by atoms with Crippen LogP contribution in [-0.4, -0.2) is 33.2 Å². The number of carboxylic acids is 1. The summed E-state index contributed by atoms with van der Waals surface area (Å²) in [4.78, 5) is 41.3. The van der Waals surface area contributed by atoms with Crippen molar-refractivity contribution < 1.29 is 24.3 Å². The minimum absolute atomic E-state index is 0.113. The monoisotopic (exact) mass is 438 g/mol. The number of aliphatic carboxylic acids is 1. The van der Waals surface area contributed by atoms with Gasteiger partial charge < -0.3 is 5.11 Å². The molecule has 7 heteroatoms. The van der Waals surface area contributed by atoms with Crippen molar-refractivity contribution in [2.24, 2.45) is 5.16 Å². The Bertz CT molecular complexity index is 1340. The lowest BCUT2D eigenvalue weighted by Gasteiger charge is -2.08. The van der Waals surface area contributed by atoms with E-state index in [9.17, 15) is 19.5 Å². The maximum Gasteiger partial charge on any atom is 0.444 e. The molecule has 4 rings (SSSR count). The predicted molar refractivity (Wildman–Crippen MR) is 122 cm³/mol. The molecule has 1 heterocycles. The predicted octanol–water partition coefficient (Wildman–Crippen LogP) is 4.86. The Labute approximate surface area is 189 Å². The Morgan fingerprint density at radius 2 is 1.27 bits per heavy atom.